The summed E-state index contributed by atoms with van der Waals surface area (Å²) in [6, 6.07) is 4.71. The molecule has 0 bridgehead atoms. The summed E-state index contributed by atoms with van der Waals surface area (Å²) in [5, 5.41) is 8.74. The number of carbonyl (C=O) groups is 1. The van der Waals surface area contributed by atoms with Crippen molar-refractivity contribution in [2.24, 2.45) is 0 Å². The van der Waals surface area contributed by atoms with Crippen molar-refractivity contribution < 1.29 is 23.2 Å². The summed E-state index contributed by atoms with van der Waals surface area (Å²) in [6.07, 6.45) is 2.09. The van der Waals surface area contributed by atoms with Gasteiger partial charge in [-0.3, -0.25) is 10.0 Å². The number of nitrogens with one attached hydrogen (secondary N) is 2. The van der Waals surface area contributed by atoms with Crippen LogP contribution in [-0.2, 0) is 14.8 Å². The highest BCUT2D eigenvalue weighted by molar-refractivity contribution is 7.98. The molecule has 1 aromatic carbocycles. The Kier molecular flexibility index (Phi) is 8.63. The first-order valence-corrected chi connectivity index (χ1v) is 9.90. The molecule has 0 aliphatic rings. The van der Waals surface area contributed by atoms with Gasteiger partial charge in [0.1, 0.15) is 18.4 Å². The maximum Gasteiger partial charge on any atom is 0.261 e. The predicted molar refractivity (Wildman–Crippen MR) is 92.4 cm³/mol. The highest BCUT2D eigenvalue weighted by Crippen LogP contribution is 2.16. The van der Waals surface area contributed by atoms with Gasteiger partial charge in [0.15, 0.2) is 0 Å². The van der Waals surface area contributed by atoms with E-state index in [-0.39, 0.29) is 17.9 Å². The fraction of sp³-hybridized carbons (Fsp3) is 0.400. The van der Waals surface area contributed by atoms with Gasteiger partial charge in [-0.25, -0.2) is 13.9 Å². The minimum Gasteiger partial charge on any atom is -0.481 e. The first-order valence-electron chi connectivity index (χ1n) is 7.02. The van der Waals surface area contributed by atoms with E-state index < -0.39 is 22.0 Å². The summed E-state index contributed by atoms with van der Waals surface area (Å²) in [5.41, 5.74) is 1.48. The van der Waals surface area contributed by atoms with Gasteiger partial charge in [-0.05, 0) is 49.6 Å². The Hall–Kier alpha value is -1.73. The van der Waals surface area contributed by atoms with Crippen LogP contribution in [0.2, 0.25) is 0 Å². The molecule has 1 rings (SSSR count). The Morgan fingerprint density at radius 1 is 1.38 bits per heavy atom. The molecule has 1 unspecified atom stereocenters. The molecule has 0 radical (unpaired) electrons. The van der Waals surface area contributed by atoms with Crippen molar-refractivity contribution in [1.29, 1.82) is 0 Å². The number of carbonyl (C=O) groups excluding carboxylic acids is 1. The molecule has 24 heavy (non-hydrogen) atoms. The molecule has 3 N–H and O–H groups in total. The fourth-order valence-corrected chi connectivity index (χ4v) is 3.42. The Labute approximate surface area is 146 Å². The van der Waals surface area contributed by atoms with Crippen molar-refractivity contribution in [2.75, 3.05) is 18.6 Å². The Morgan fingerprint density at radius 2 is 2.04 bits per heavy atom. The van der Waals surface area contributed by atoms with E-state index in [0.717, 1.165) is 0 Å². The molecule has 0 saturated carbocycles. The molecular formula is C15H20N2O5S2. The number of benzene rings is 1. The molecule has 7 nitrogen and oxygen atoms in total. The lowest BCUT2D eigenvalue weighted by molar-refractivity contribution is -0.130. The largest absolute Gasteiger partial charge is 0.481 e. The standard InChI is InChI=1S/C15H20N2O5S2/c1-3-4-10-22-12-5-7-13(8-6-12)24(20,21)17-14(9-11-23-2)15(18)16-19/h5-8,14,17,19H,9-11H2,1-2H3,(H,16,18). The molecule has 0 heterocycles. The number of amides is 1. The third kappa shape index (κ3) is 6.41. The van der Waals surface area contributed by atoms with Crippen molar-refractivity contribution in [3.63, 3.8) is 0 Å². The maximum absolute atomic E-state index is 12.4. The van der Waals surface area contributed by atoms with Crippen LogP contribution in [0.4, 0.5) is 0 Å². The van der Waals surface area contributed by atoms with E-state index in [1.54, 1.807) is 6.92 Å². The first-order chi connectivity index (χ1) is 11.4. The second-order valence-electron chi connectivity index (χ2n) is 4.62. The molecule has 0 aromatic heterocycles. The van der Waals surface area contributed by atoms with Crippen LogP contribution in [-0.4, -0.2) is 44.2 Å². The Balaban J connectivity index is 2.84. The molecule has 0 aliphatic heterocycles. The lowest BCUT2D eigenvalue weighted by atomic mass is 10.2. The van der Waals surface area contributed by atoms with Gasteiger partial charge in [0.2, 0.25) is 10.0 Å². The van der Waals surface area contributed by atoms with E-state index in [0.29, 0.717) is 11.5 Å². The molecule has 1 atom stereocenters. The molecule has 1 amide bonds. The van der Waals surface area contributed by atoms with Crippen LogP contribution in [0.25, 0.3) is 0 Å². The van der Waals surface area contributed by atoms with E-state index in [1.807, 2.05) is 6.26 Å². The molecule has 0 saturated heterocycles. The molecular weight excluding hydrogens is 352 g/mol. The fourth-order valence-electron chi connectivity index (χ4n) is 1.72. The summed E-state index contributed by atoms with van der Waals surface area (Å²) in [4.78, 5) is 11.6. The molecule has 132 valence electrons. The smallest absolute Gasteiger partial charge is 0.261 e. The van der Waals surface area contributed by atoms with Gasteiger partial charge < -0.3 is 4.74 Å². The molecule has 1 aromatic rings. The molecule has 9 heteroatoms. The van der Waals surface area contributed by atoms with Gasteiger partial charge in [-0.2, -0.15) is 16.5 Å². The third-order valence-electron chi connectivity index (χ3n) is 2.96. The summed E-state index contributed by atoms with van der Waals surface area (Å²) in [5.74, 6) is 5.67. The van der Waals surface area contributed by atoms with Crippen LogP contribution in [0.15, 0.2) is 29.2 Å². The lowest BCUT2D eigenvalue weighted by Crippen LogP contribution is -2.46. The second kappa shape index (κ2) is 10.2. The summed E-state index contributed by atoms with van der Waals surface area (Å²) in [7, 11) is -3.90. The van der Waals surface area contributed by atoms with E-state index in [1.165, 1.54) is 41.5 Å². The normalized spacial score (nSPS) is 12.0. The second-order valence-corrected chi connectivity index (χ2v) is 7.32. The van der Waals surface area contributed by atoms with Gasteiger partial charge in [-0.15, -0.1) is 5.92 Å². The average molecular weight is 372 g/mol. The van der Waals surface area contributed by atoms with Crippen LogP contribution >= 0.6 is 11.8 Å². The number of thioether (sulfide) groups is 1. The maximum atomic E-state index is 12.4. The Morgan fingerprint density at radius 3 is 2.58 bits per heavy atom. The highest BCUT2D eigenvalue weighted by atomic mass is 32.2. The number of ether oxygens (including phenoxy) is 1. The van der Waals surface area contributed by atoms with Crippen molar-refractivity contribution in [3.05, 3.63) is 24.3 Å². The quantitative estimate of drug-likeness (QED) is 0.339. The summed E-state index contributed by atoms with van der Waals surface area (Å²) >= 11 is 1.47. The zero-order valence-electron chi connectivity index (χ0n) is 13.4. The van der Waals surface area contributed by atoms with E-state index in [9.17, 15) is 13.2 Å². The lowest BCUT2D eigenvalue weighted by Gasteiger charge is -2.16. The zero-order chi connectivity index (χ0) is 18.0. The number of sulfonamides is 1. The predicted octanol–water partition coefficient (Wildman–Crippen LogP) is 0.994. The van der Waals surface area contributed by atoms with E-state index in [2.05, 4.69) is 16.6 Å². The van der Waals surface area contributed by atoms with Gasteiger partial charge in [0.25, 0.3) is 5.91 Å². The van der Waals surface area contributed by atoms with Gasteiger partial charge in [0.05, 0.1) is 4.90 Å². The first kappa shape index (κ1) is 20.3. The zero-order valence-corrected chi connectivity index (χ0v) is 15.0. The van der Waals surface area contributed by atoms with Crippen molar-refractivity contribution in [2.45, 2.75) is 24.3 Å². The number of rotatable bonds is 9. The van der Waals surface area contributed by atoms with Crippen LogP contribution in [0.1, 0.15) is 13.3 Å². The minimum absolute atomic E-state index is 0.00341. The molecule has 0 spiro atoms. The minimum atomic E-state index is -3.90. The van der Waals surface area contributed by atoms with Gasteiger partial charge in [0, 0.05) is 0 Å². The topological polar surface area (TPSA) is 105 Å². The number of hydrogen-bond acceptors (Lipinski definition) is 6. The number of hydrogen-bond donors (Lipinski definition) is 3. The van der Waals surface area contributed by atoms with Crippen LogP contribution < -0.4 is 14.9 Å². The van der Waals surface area contributed by atoms with Crippen molar-refractivity contribution in [1.82, 2.24) is 10.2 Å². The molecule has 0 fully saturated rings. The van der Waals surface area contributed by atoms with E-state index >= 15 is 0 Å². The Bertz CT molecular complexity index is 693. The van der Waals surface area contributed by atoms with Gasteiger partial charge >= 0.3 is 0 Å². The molecule has 0 aliphatic carbocycles. The van der Waals surface area contributed by atoms with Crippen LogP contribution in [0, 0.1) is 11.8 Å². The third-order valence-corrected chi connectivity index (χ3v) is 5.09. The monoisotopic (exact) mass is 372 g/mol. The highest BCUT2D eigenvalue weighted by Gasteiger charge is 2.25. The van der Waals surface area contributed by atoms with Crippen LogP contribution in [0.5, 0.6) is 5.75 Å². The average Bonchev–Trinajstić information content (AvgIpc) is 2.58. The SMILES string of the molecule is CC#CCOc1ccc(S(=O)(=O)NC(CCSC)C(=O)NO)cc1. The summed E-state index contributed by atoms with van der Waals surface area (Å²) in [6.45, 7) is 1.91. The number of hydroxylamine groups is 1. The van der Waals surface area contributed by atoms with Gasteiger partial charge in [-0.1, -0.05) is 5.92 Å². The van der Waals surface area contributed by atoms with E-state index in [4.69, 9.17) is 9.94 Å². The van der Waals surface area contributed by atoms with Crippen molar-refractivity contribution >= 4 is 27.7 Å². The van der Waals surface area contributed by atoms with Crippen LogP contribution in [0.3, 0.4) is 0 Å². The summed E-state index contributed by atoms with van der Waals surface area (Å²) < 4.78 is 32.3. The van der Waals surface area contributed by atoms with Crippen molar-refractivity contribution in [3.8, 4) is 17.6 Å².